The number of hydrogen-bond acceptors (Lipinski definition) is 5. The Morgan fingerprint density at radius 3 is 2.79 bits per heavy atom. The van der Waals surface area contributed by atoms with Crippen LogP contribution in [0.5, 0.6) is 5.75 Å². The lowest BCUT2D eigenvalue weighted by Gasteiger charge is -2.23. The second kappa shape index (κ2) is 7.86. The first-order valence-electron chi connectivity index (χ1n) is 6.49. The lowest BCUT2D eigenvalue weighted by Crippen LogP contribution is -2.31. The number of anilines is 2. The summed E-state index contributed by atoms with van der Waals surface area (Å²) >= 11 is 0. The first-order chi connectivity index (χ1) is 9.08. The molecule has 5 nitrogen and oxygen atoms in total. The van der Waals surface area contributed by atoms with Crippen LogP contribution >= 0.6 is 0 Å². The van der Waals surface area contributed by atoms with E-state index in [-0.39, 0.29) is 0 Å². The topological polar surface area (TPSA) is 68.0 Å². The van der Waals surface area contributed by atoms with Gasteiger partial charge >= 0.3 is 0 Å². The average molecular weight is 268 g/mol. The van der Waals surface area contributed by atoms with Crippen molar-refractivity contribution in [3.8, 4) is 5.75 Å². The fourth-order valence-corrected chi connectivity index (χ4v) is 1.76. The van der Waals surface area contributed by atoms with Crippen LogP contribution < -0.4 is 15.4 Å². The number of ether oxygens (including phenoxy) is 2. The quantitative estimate of drug-likeness (QED) is 0.699. The summed E-state index contributed by atoms with van der Waals surface area (Å²) in [5.74, 6) is 0.687. The van der Waals surface area contributed by atoms with Crippen LogP contribution in [0.1, 0.15) is 13.3 Å². The third-order valence-electron chi connectivity index (χ3n) is 2.74. The Kier molecular flexibility index (Phi) is 6.45. The zero-order valence-corrected chi connectivity index (χ0v) is 11.9. The van der Waals surface area contributed by atoms with Crippen molar-refractivity contribution >= 4 is 11.4 Å². The minimum absolute atomic E-state index is 0.318. The number of benzene rings is 1. The summed E-state index contributed by atoms with van der Waals surface area (Å²) in [5, 5.41) is 9.72. The zero-order chi connectivity index (χ0) is 14.3. The van der Waals surface area contributed by atoms with Crippen molar-refractivity contribution in [3.05, 3.63) is 18.2 Å². The van der Waals surface area contributed by atoms with Crippen molar-refractivity contribution in [1.82, 2.24) is 0 Å². The van der Waals surface area contributed by atoms with E-state index in [0.29, 0.717) is 31.2 Å². The molecule has 1 aromatic rings. The van der Waals surface area contributed by atoms with Crippen molar-refractivity contribution < 1.29 is 14.6 Å². The standard InChI is InChI=1S/C14H24N2O3/c1-4-7-19-14-8-11(5-6-13(14)15)16(2)9-12(17)10-18-3/h5-6,8,12,17H,4,7,9-10,15H2,1-3H3. The molecule has 0 bridgehead atoms. The summed E-state index contributed by atoms with van der Waals surface area (Å²) in [5.41, 5.74) is 7.45. The van der Waals surface area contributed by atoms with E-state index in [0.717, 1.165) is 12.1 Å². The number of likely N-dealkylation sites (N-methyl/N-ethyl adjacent to an activating group) is 1. The van der Waals surface area contributed by atoms with Crippen molar-refractivity contribution in [2.24, 2.45) is 0 Å². The Labute approximate surface area is 114 Å². The minimum atomic E-state index is -0.521. The molecule has 0 amide bonds. The highest BCUT2D eigenvalue weighted by molar-refractivity contribution is 5.62. The highest BCUT2D eigenvalue weighted by atomic mass is 16.5. The summed E-state index contributed by atoms with van der Waals surface area (Å²) in [6.07, 6.45) is 0.416. The molecule has 0 aromatic heterocycles. The summed E-state index contributed by atoms with van der Waals surface area (Å²) < 4.78 is 10.5. The molecule has 0 fully saturated rings. The van der Waals surface area contributed by atoms with Gasteiger partial charge in [-0.2, -0.15) is 0 Å². The van der Waals surface area contributed by atoms with E-state index >= 15 is 0 Å². The van der Waals surface area contributed by atoms with Gasteiger partial charge in [-0.15, -0.1) is 0 Å². The third kappa shape index (κ3) is 4.96. The van der Waals surface area contributed by atoms with E-state index < -0.39 is 6.10 Å². The number of nitrogen functional groups attached to an aromatic ring is 1. The molecule has 5 heteroatoms. The van der Waals surface area contributed by atoms with Crippen molar-refractivity contribution in [2.75, 3.05) is 44.5 Å². The van der Waals surface area contributed by atoms with E-state index in [1.54, 1.807) is 7.11 Å². The first-order valence-corrected chi connectivity index (χ1v) is 6.49. The Hall–Kier alpha value is -1.46. The molecule has 1 rings (SSSR count). The van der Waals surface area contributed by atoms with Gasteiger partial charge in [0.1, 0.15) is 5.75 Å². The fourth-order valence-electron chi connectivity index (χ4n) is 1.76. The molecule has 1 unspecified atom stereocenters. The van der Waals surface area contributed by atoms with Crippen LogP contribution in [0.25, 0.3) is 0 Å². The molecule has 19 heavy (non-hydrogen) atoms. The van der Waals surface area contributed by atoms with Crippen LogP contribution in [0, 0.1) is 0 Å². The maximum Gasteiger partial charge on any atom is 0.144 e. The largest absolute Gasteiger partial charge is 0.491 e. The van der Waals surface area contributed by atoms with Gasteiger partial charge in [0.25, 0.3) is 0 Å². The van der Waals surface area contributed by atoms with Crippen molar-refractivity contribution in [3.63, 3.8) is 0 Å². The van der Waals surface area contributed by atoms with E-state index in [2.05, 4.69) is 0 Å². The summed E-state index contributed by atoms with van der Waals surface area (Å²) in [6, 6.07) is 5.62. The van der Waals surface area contributed by atoms with Gasteiger partial charge < -0.3 is 25.2 Å². The number of rotatable bonds is 8. The maximum absolute atomic E-state index is 9.72. The van der Waals surface area contributed by atoms with Gasteiger partial charge in [0, 0.05) is 32.5 Å². The summed E-state index contributed by atoms with van der Waals surface area (Å²) in [6.45, 7) is 3.50. The van der Waals surface area contributed by atoms with Crippen LogP contribution in [0.3, 0.4) is 0 Å². The molecular weight excluding hydrogens is 244 g/mol. The maximum atomic E-state index is 9.72. The highest BCUT2D eigenvalue weighted by Crippen LogP contribution is 2.27. The molecule has 0 aliphatic heterocycles. The molecule has 0 radical (unpaired) electrons. The van der Waals surface area contributed by atoms with Crippen LogP contribution in [-0.4, -0.2) is 45.1 Å². The molecule has 3 N–H and O–H groups in total. The summed E-state index contributed by atoms with van der Waals surface area (Å²) in [4.78, 5) is 1.95. The molecule has 0 aliphatic carbocycles. The number of nitrogens with zero attached hydrogens (tertiary/aromatic N) is 1. The molecule has 0 aliphatic rings. The normalized spacial score (nSPS) is 12.2. The Morgan fingerprint density at radius 1 is 1.42 bits per heavy atom. The number of nitrogens with two attached hydrogens (primary N) is 1. The average Bonchev–Trinajstić information content (AvgIpc) is 2.37. The summed E-state index contributed by atoms with van der Waals surface area (Å²) in [7, 11) is 3.48. The molecule has 0 heterocycles. The lowest BCUT2D eigenvalue weighted by atomic mass is 10.2. The van der Waals surface area contributed by atoms with Crippen molar-refractivity contribution in [2.45, 2.75) is 19.4 Å². The lowest BCUT2D eigenvalue weighted by molar-refractivity contribution is 0.0695. The van der Waals surface area contributed by atoms with E-state index in [1.807, 2.05) is 37.1 Å². The first kappa shape index (κ1) is 15.6. The Morgan fingerprint density at radius 2 is 2.16 bits per heavy atom. The molecule has 1 atom stereocenters. The van der Waals surface area contributed by atoms with Crippen LogP contribution in [-0.2, 0) is 4.74 Å². The van der Waals surface area contributed by atoms with Gasteiger partial charge in [-0.25, -0.2) is 0 Å². The van der Waals surface area contributed by atoms with Crippen LogP contribution in [0.15, 0.2) is 18.2 Å². The molecule has 1 aromatic carbocycles. The third-order valence-corrected chi connectivity index (χ3v) is 2.74. The Bertz CT molecular complexity index is 385. The molecule has 0 spiro atoms. The number of aliphatic hydroxyl groups excluding tert-OH is 1. The van der Waals surface area contributed by atoms with Gasteiger partial charge in [0.15, 0.2) is 0 Å². The second-order valence-corrected chi connectivity index (χ2v) is 4.56. The van der Waals surface area contributed by atoms with E-state index in [9.17, 15) is 5.11 Å². The van der Waals surface area contributed by atoms with Crippen LogP contribution in [0.4, 0.5) is 11.4 Å². The predicted molar refractivity (Wildman–Crippen MR) is 77.8 cm³/mol. The second-order valence-electron chi connectivity index (χ2n) is 4.56. The van der Waals surface area contributed by atoms with Gasteiger partial charge in [0.2, 0.25) is 0 Å². The minimum Gasteiger partial charge on any atom is -0.491 e. The van der Waals surface area contributed by atoms with Gasteiger partial charge in [-0.1, -0.05) is 6.92 Å². The number of aliphatic hydroxyl groups is 1. The fraction of sp³-hybridized carbons (Fsp3) is 0.571. The van der Waals surface area contributed by atoms with Crippen LogP contribution in [0.2, 0.25) is 0 Å². The van der Waals surface area contributed by atoms with Gasteiger partial charge in [-0.05, 0) is 18.6 Å². The number of methoxy groups -OCH3 is 1. The van der Waals surface area contributed by atoms with Gasteiger partial charge in [-0.3, -0.25) is 0 Å². The highest BCUT2D eigenvalue weighted by Gasteiger charge is 2.10. The molecule has 108 valence electrons. The predicted octanol–water partition coefficient (Wildman–Crippen LogP) is 1.50. The van der Waals surface area contributed by atoms with Crippen molar-refractivity contribution in [1.29, 1.82) is 0 Å². The SMILES string of the molecule is CCCOc1cc(N(C)CC(O)COC)ccc1N. The molecule has 0 saturated carbocycles. The van der Waals surface area contributed by atoms with E-state index in [4.69, 9.17) is 15.2 Å². The molecular formula is C14H24N2O3. The smallest absolute Gasteiger partial charge is 0.144 e. The molecule has 0 saturated heterocycles. The zero-order valence-electron chi connectivity index (χ0n) is 11.9. The monoisotopic (exact) mass is 268 g/mol. The number of hydrogen-bond donors (Lipinski definition) is 2. The van der Waals surface area contributed by atoms with Gasteiger partial charge in [0.05, 0.1) is 25.0 Å². The Balaban J connectivity index is 2.71. The van der Waals surface area contributed by atoms with E-state index in [1.165, 1.54) is 0 Å².